The lowest BCUT2D eigenvalue weighted by Crippen LogP contribution is -2.44. The molecule has 3 N–H and O–H groups in total. The zero-order chi connectivity index (χ0) is 9.68. The number of nitrogens with zero attached hydrogens (tertiary/aromatic N) is 2. The molecule has 1 aliphatic rings. The average Bonchev–Trinajstić information content (AvgIpc) is 2.93. The molecule has 0 saturated heterocycles. The van der Waals surface area contributed by atoms with Crippen LogP contribution in [0.3, 0.4) is 0 Å². The Hall–Kier alpha value is -0.810. The fourth-order valence-corrected chi connectivity index (χ4v) is 0.957. The number of likely N-dealkylation sites (N-methyl/N-ethyl adjacent to an activating group) is 1. The molecule has 0 bridgehead atoms. The minimum Gasteiger partial charge on any atom is -0.383 e. The highest BCUT2D eigenvalue weighted by atomic mass is 16.5. The molecule has 1 aliphatic carbocycles. The molecule has 5 nitrogen and oxygen atoms in total. The Balaban J connectivity index is 2.34. The summed E-state index contributed by atoms with van der Waals surface area (Å²) in [5.74, 6) is 6.11. The molecule has 0 aromatic rings. The molecular weight excluding hydrogens is 168 g/mol. The van der Waals surface area contributed by atoms with Crippen LogP contribution in [0.15, 0.2) is 4.99 Å². The summed E-state index contributed by atoms with van der Waals surface area (Å²) in [6.45, 7) is 1.48. The van der Waals surface area contributed by atoms with E-state index in [2.05, 4.69) is 10.4 Å². The van der Waals surface area contributed by atoms with Crippen molar-refractivity contribution in [3.63, 3.8) is 0 Å². The molecule has 0 spiro atoms. The number of nitrogens with two attached hydrogens (primary N) is 1. The van der Waals surface area contributed by atoms with Gasteiger partial charge >= 0.3 is 0 Å². The van der Waals surface area contributed by atoms with E-state index in [-0.39, 0.29) is 0 Å². The minimum absolute atomic E-state index is 0.482. The molecule has 0 aliphatic heterocycles. The van der Waals surface area contributed by atoms with Crippen molar-refractivity contribution in [2.24, 2.45) is 10.8 Å². The Kier molecular flexibility index (Phi) is 3.98. The van der Waals surface area contributed by atoms with Crippen LogP contribution in [0.25, 0.3) is 0 Å². The number of hydrogen-bond donors (Lipinski definition) is 2. The van der Waals surface area contributed by atoms with Gasteiger partial charge in [-0.15, -0.1) is 0 Å². The molecule has 0 aromatic carbocycles. The predicted molar refractivity (Wildman–Crippen MR) is 52.3 cm³/mol. The molecule has 13 heavy (non-hydrogen) atoms. The smallest absolute Gasteiger partial charge is 0.208 e. The van der Waals surface area contributed by atoms with Gasteiger partial charge in [0.25, 0.3) is 0 Å². The molecular formula is C8H18N4O. The summed E-state index contributed by atoms with van der Waals surface area (Å²) in [6.07, 6.45) is 2.37. The van der Waals surface area contributed by atoms with Crippen molar-refractivity contribution >= 4 is 5.96 Å². The number of aliphatic imine (C=N–C) groups is 1. The van der Waals surface area contributed by atoms with Gasteiger partial charge in [-0.05, 0) is 12.8 Å². The van der Waals surface area contributed by atoms with E-state index in [1.807, 2.05) is 11.9 Å². The van der Waals surface area contributed by atoms with Gasteiger partial charge in [-0.1, -0.05) is 0 Å². The van der Waals surface area contributed by atoms with Crippen LogP contribution in [-0.4, -0.2) is 44.2 Å². The van der Waals surface area contributed by atoms with Gasteiger partial charge in [0.05, 0.1) is 12.6 Å². The van der Waals surface area contributed by atoms with E-state index < -0.39 is 0 Å². The van der Waals surface area contributed by atoms with Crippen LogP contribution >= 0.6 is 0 Å². The van der Waals surface area contributed by atoms with Crippen molar-refractivity contribution in [3.05, 3.63) is 0 Å². The van der Waals surface area contributed by atoms with Gasteiger partial charge < -0.3 is 9.64 Å². The van der Waals surface area contributed by atoms with E-state index >= 15 is 0 Å². The molecule has 0 aromatic heterocycles. The monoisotopic (exact) mass is 186 g/mol. The van der Waals surface area contributed by atoms with Crippen molar-refractivity contribution in [1.82, 2.24) is 10.3 Å². The van der Waals surface area contributed by atoms with Gasteiger partial charge in [0.15, 0.2) is 0 Å². The van der Waals surface area contributed by atoms with Crippen LogP contribution in [-0.2, 0) is 4.74 Å². The van der Waals surface area contributed by atoms with Crippen LogP contribution in [0.4, 0.5) is 0 Å². The summed E-state index contributed by atoms with van der Waals surface area (Å²) in [7, 11) is 3.63. The zero-order valence-corrected chi connectivity index (χ0v) is 8.29. The second-order valence-corrected chi connectivity index (χ2v) is 3.24. The quantitative estimate of drug-likeness (QED) is 0.270. The number of nitrogens with one attached hydrogen (secondary N) is 1. The third-order valence-corrected chi connectivity index (χ3v) is 1.97. The first kappa shape index (κ1) is 10.3. The number of methoxy groups -OCH3 is 1. The van der Waals surface area contributed by atoms with Gasteiger partial charge in [0, 0.05) is 20.7 Å². The lowest BCUT2D eigenvalue weighted by Gasteiger charge is -2.19. The van der Waals surface area contributed by atoms with Crippen LogP contribution in [0, 0.1) is 0 Å². The molecule has 1 fully saturated rings. The largest absolute Gasteiger partial charge is 0.383 e. The Morgan fingerprint density at radius 3 is 2.85 bits per heavy atom. The van der Waals surface area contributed by atoms with Crippen molar-refractivity contribution in [1.29, 1.82) is 0 Å². The number of guanidine groups is 1. The van der Waals surface area contributed by atoms with Crippen molar-refractivity contribution < 1.29 is 4.74 Å². The summed E-state index contributed by atoms with van der Waals surface area (Å²) in [4.78, 5) is 6.37. The summed E-state index contributed by atoms with van der Waals surface area (Å²) in [5.41, 5.74) is 2.60. The fourth-order valence-electron chi connectivity index (χ4n) is 0.957. The maximum atomic E-state index is 5.36. The van der Waals surface area contributed by atoms with Crippen LogP contribution in [0.1, 0.15) is 12.8 Å². The third kappa shape index (κ3) is 3.61. The van der Waals surface area contributed by atoms with Crippen LogP contribution in [0.5, 0.6) is 0 Å². The van der Waals surface area contributed by atoms with Crippen molar-refractivity contribution in [3.8, 4) is 0 Å². The van der Waals surface area contributed by atoms with Crippen molar-refractivity contribution in [2.75, 3.05) is 27.3 Å². The molecule has 1 rings (SSSR count). The number of rotatable bonds is 4. The highest BCUT2D eigenvalue weighted by Gasteiger charge is 2.21. The van der Waals surface area contributed by atoms with Gasteiger partial charge in [-0.2, -0.15) is 0 Å². The van der Waals surface area contributed by atoms with Gasteiger partial charge in [0.1, 0.15) is 0 Å². The highest BCUT2D eigenvalue weighted by molar-refractivity contribution is 5.79. The molecule has 0 atom stereocenters. The van der Waals surface area contributed by atoms with E-state index in [9.17, 15) is 0 Å². The Bertz CT molecular complexity index is 179. The molecule has 76 valence electrons. The van der Waals surface area contributed by atoms with E-state index in [1.165, 1.54) is 12.8 Å². The Morgan fingerprint density at radius 2 is 2.38 bits per heavy atom. The summed E-state index contributed by atoms with van der Waals surface area (Å²) < 4.78 is 4.96. The van der Waals surface area contributed by atoms with Crippen LogP contribution in [0.2, 0.25) is 0 Å². The molecule has 5 heteroatoms. The van der Waals surface area contributed by atoms with E-state index in [1.54, 1.807) is 7.11 Å². The van der Waals surface area contributed by atoms with Crippen LogP contribution < -0.4 is 11.3 Å². The molecule has 0 unspecified atom stereocenters. The first-order chi connectivity index (χ1) is 6.27. The topological polar surface area (TPSA) is 62.9 Å². The molecule has 0 heterocycles. The zero-order valence-electron chi connectivity index (χ0n) is 8.29. The molecule has 1 saturated carbocycles. The number of hydrogen-bond acceptors (Lipinski definition) is 3. The minimum atomic E-state index is 0.482. The summed E-state index contributed by atoms with van der Waals surface area (Å²) in [5, 5.41) is 0. The summed E-state index contributed by atoms with van der Waals surface area (Å²) >= 11 is 0. The third-order valence-electron chi connectivity index (χ3n) is 1.97. The highest BCUT2D eigenvalue weighted by Crippen LogP contribution is 2.23. The first-order valence-electron chi connectivity index (χ1n) is 4.52. The normalized spacial score (nSPS) is 17.3. The number of hydrazine groups is 1. The maximum Gasteiger partial charge on any atom is 0.208 e. The van der Waals surface area contributed by atoms with E-state index in [4.69, 9.17) is 10.6 Å². The van der Waals surface area contributed by atoms with Gasteiger partial charge in [0.2, 0.25) is 5.96 Å². The van der Waals surface area contributed by atoms with Gasteiger partial charge in [-0.25, -0.2) is 10.8 Å². The van der Waals surface area contributed by atoms with Crippen molar-refractivity contribution in [2.45, 2.75) is 18.9 Å². The summed E-state index contributed by atoms with van der Waals surface area (Å²) in [6, 6.07) is 0.482. The van der Waals surface area contributed by atoms with Gasteiger partial charge in [-0.3, -0.25) is 5.43 Å². The maximum absolute atomic E-state index is 5.36. The second kappa shape index (κ2) is 5.04. The average molecular weight is 186 g/mol. The number of ether oxygens (including phenoxy) is 1. The Labute approximate surface area is 78.9 Å². The fraction of sp³-hybridized carbons (Fsp3) is 0.875. The van der Waals surface area contributed by atoms with E-state index in [0.29, 0.717) is 12.6 Å². The SMILES string of the molecule is COCCN(C)C(=NC1CC1)NN. The van der Waals surface area contributed by atoms with E-state index in [0.717, 1.165) is 12.5 Å². The standard InChI is InChI=1S/C8H18N4O/c1-12(5-6-13-2)8(11-9)10-7-3-4-7/h7H,3-6,9H2,1-2H3,(H,10,11). The second-order valence-electron chi connectivity index (χ2n) is 3.24. The molecule has 0 radical (unpaired) electrons. The lowest BCUT2D eigenvalue weighted by molar-refractivity contribution is 0.181. The predicted octanol–water partition coefficient (Wildman–Crippen LogP) is -0.454. The first-order valence-corrected chi connectivity index (χ1v) is 4.52. The Morgan fingerprint density at radius 1 is 1.69 bits per heavy atom. The lowest BCUT2D eigenvalue weighted by atomic mass is 10.6. The molecule has 0 amide bonds.